The van der Waals surface area contributed by atoms with Gasteiger partial charge in [-0.25, -0.2) is 0 Å². The van der Waals surface area contributed by atoms with Gasteiger partial charge in [0.15, 0.2) is 0 Å². The first kappa shape index (κ1) is 13.7. The summed E-state index contributed by atoms with van der Waals surface area (Å²) in [5, 5.41) is 3.09. The lowest BCUT2D eigenvalue weighted by atomic mass is 10.2. The Morgan fingerprint density at radius 2 is 1.94 bits per heavy atom. The maximum atomic E-state index is 11.4. The molecule has 0 saturated heterocycles. The molecule has 3 nitrogen and oxygen atoms in total. The van der Waals surface area contributed by atoms with Gasteiger partial charge in [0, 0.05) is 6.42 Å². The Morgan fingerprint density at radius 3 is 2.65 bits per heavy atom. The zero-order chi connectivity index (χ0) is 12.3. The van der Waals surface area contributed by atoms with Gasteiger partial charge in [-0.3, -0.25) is 4.79 Å². The van der Waals surface area contributed by atoms with E-state index in [1.807, 2.05) is 37.4 Å². The van der Waals surface area contributed by atoms with E-state index >= 15 is 0 Å². The number of hydrogen-bond acceptors (Lipinski definition) is 3. The molecule has 0 atom stereocenters. The van der Waals surface area contributed by atoms with E-state index in [1.165, 1.54) is 0 Å². The molecule has 0 spiro atoms. The third-order valence-corrected chi connectivity index (χ3v) is 2.55. The fraction of sp³-hybridized carbons (Fsp3) is 0.500. The van der Waals surface area contributed by atoms with E-state index in [0.717, 1.165) is 31.4 Å². The average molecular weight is 235 g/mol. The van der Waals surface area contributed by atoms with Crippen LogP contribution >= 0.6 is 0 Å². The summed E-state index contributed by atoms with van der Waals surface area (Å²) in [6.45, 7) is 1.40. The highest BCUT2D eigenvalue weighted by molar-refractivity contribution is 5.69. The van der Waals surface area contributed by atoms with Gasteiger partial charge in [-0.05, 0) is 32.0 Å². The quantitative estimate of drug-likeness (QED) is 0.556. The summed E-state index contributed by atoms with van der Waals surface area (Å²) in [6.07, 6.45) is 3.62. The van der Waals surface area contributed by atoms with Gasteiger partial charge >= 0.3 is 5.97 Å². The Labute approximate surface area is 103 Å². The Bertz CT molecular complexity index is 311. The standard InChI is InChI=1S/C14H21NO2/c1-15-11-7-3-6-10-14(16)17-12-13-8-4-2-5-9-13/h2,4-5,8-9,15H,3,6-7,10-12H2,1H3. The molecule has 0 amide bonds. The van der Waals surface area contributed by atoms with Crippen molar-refractivity contribution in [1.29, 1.82) is 0 Å². The van der Waals surface area contributed by atoms with E-state index in [0.29, 0.717) is 13.0 Å². The van der Waals surface area contributed by atoms with Crippen LogP contribution in [0.25, 0.3) is 0 Å². The Hall–Kier alpha value is -1.35. The molecule has 0 aliphatic rings. The van der Waals surface area contributed by atoms with Crippen molar-refractivity contribution in [2.75, 3.05) is 13.6 Å². The van der Waals surface area contributed by atoms with Crippen molar-refractivity contribution >= 4 is 5.97 Å². The maximum absolute atomic E-state index is 11.4. The van der Waals surface area contributed by atoms with Gasteiger partial charge in [0.2, 0.25) is 0 Å². The van der Waals surface area contributed by atoms with Crippen LogP contribution in [0.3, 0.4) is 0 Å². The molecule has 0 aliphatic heterocycles. The highest BCUT2D eigenvalue weighted by Crippen LogP contribution is 2.04. The Balaban J connectivity index is 2.05. The number of rotatable bonds is 8. The lowest BCUT2D eigenvalue weighted by Gasteiger charge is -2.04. The monoisotopic (exact) mass is 235 g/mol. The lowest BCUT2D eigenvalue weighted by Crippen LogP contribution is -2.08. The van der Waals surface area contributed by atoms with Crippen molar-refractivity contribution < 1.29 is 9.53 Å². The van der Waals surface area contributed by atoms with E-state index < -0.39 is 0 Å². The van der Waals surface area contributed by atoms with Crippen molar-refractivity contribution in [1.82, 2.24) is 5.32 Å². The number of carbonyl (C=O) groups is 1. The largest absolute Gasteiger partial charge is 0.461 e. The van der Waals surface area contributed by atoms with E-state index in [9.17, 15) is 4.79 Å². The zero-order valence-electron chi connectivity index (χ0n) is 10.4. The molecule has 0 unspecified atom stereocenters. The highest BCUT2D eigenvalue weighted by Gasteiger charge is 2.02. The third kappa shape index (κ3) is 6.74. The summed E-state index contributed by atoms with van der Waals surface area (Å²) in [5.41, 5.74) is 1.04. The van der Waals surface area contributed by atoms with Gasteiger partial charge in [0.25, 0.3) is 0 Å². The fourth-order valence-electron chi connectivity index (χ4n) is 1.56. The number of hydrogen-bond donors (Lipinski definition) is 1. The zero-order valence-corrected chi connectivity index (χ0v) is 10.4. The molecule has 0 bridgehead atoms. The van der Waals surface area contributed by atoms with Crippen LogP contribution in [0.2, 0.25) is 0 Å². The Kier molecular flexibility index (Phi) is 7.07. The highest BCUT2D eigenvalue weighted by atomic mass is 16.5. The summed E-state index contributed by atoms with van der Waals surface area (Å²) < 4.78 is 5.18. The minimum Gasteiger partial charge on any atom is -0.461 e. The summed E-state index contributed by atoms with van der Waals surface area (Å²) in [7, 11) is 1.94. The second kappa shape index (κ2) is 8.76. The molecule has 0 radical (unpaired) electrons. The van der Waals surface area contributed by atoms with Crippen LogP contribution < -0.4 is 5.32 Å². The van der Waals surface area contributed by atoms with Crippen LogP contribution in [-0.2, 0) is 16.1 Å². The third-order valence-electron chi connectivity index (χ3n) is 2.55. The van der Waals surface area contributed by atoms with Crippen molar-refractivity contribution in [3.8, 4) is 0 Å². The molecule has 0 saturated carbocycles. The summed E-state index contributed by atoms with van der Waals surface area (Å²) in [4.78, 5) is 11.4. The summed E-state index contributed by atoms with van der Waals surface area (Å²) in [5.74, 6) is -0.0988. The lowest BCUT2D eigenvalue weighted by molar-refractivity contribution is -0.145. The molecule has 0 heterocycles. The summed E-state index contributed by atoms with van der Waals surface area (Å²) >= 11 is 0. The molecule has 0 fully saturated rings. The number of unbranched alkanes of at least 4 members (excludes halogenated alkanes) is 2. The van der Waals surface area contributed by atoms with Crippen molar-refractivity contribution in [3.63, 3.8) is 0 Å². The molecule has 1 aromatic rings. The molecular weight excluding hydrogens is 214 g/mol. The van der Waals surface area contributed by atoms with Crippen LogP contribution in [0.5, 0.6) is 0 Å². The van der Waals surface area contributed by atoms with E-state index in [4.69, 9.17) is 4.74 Å². The molecule has 94 valence electrons. The first-order valence-corrected chi connectivity index (χ1v) is 6.17. The van der Waals surface area contributed by atoms with Gasteiger partial charge in [0.1, 0.15) is 6.61 Å². The fourth-order valence-corrected chi connectivity index (χ4v) is 1.56. The normalized spacial score (nSPS) is 10.2. The molecule has 1 rings (SSSR count). The SMILES string of the molecule is CNCCCCCC(=O)OCc1ccccc1. The number of carbonyl (C=O) groups excluding carboxylic acids is 1. The second-order valence-corrected chi connectivity index (χ2v) is 4.06. The first-order valence-electron chi connectivity index (χ1n) is 6.17. The van der Waals surface area contributed by atoms with Crippen LogP contribution in [0.1, 0.15) is 31.2 Å². The predicted molar refractivity (Wildman–Crippen MR) is 68.6 cm³/mol. The van der Waals surface area contributed by atoms with Gasteiger partial charge in [0.05, 0.1) is 0 Å². The average Bonchev–Trinajstić information content (AvgIpc) is 2.37. The molecule has 1 aromatic carbocycles. The number of ether oxygens (including phenoxy) is 1. The molecule has 0 aromatic heterocycles. The van der Waals surface area contributed by atoms with Crippen molar-refractivity contribution in [2.24, 2.45) is 0 Å². The van der Waals surface area contributed by atoms with Crippen LogP contribution in [0.4, 0.5) is 0 Å². The van der Waals surface area contributed by atoms with E-state index in [2.05, 4.69) is 5.32 Å². The van der Waals surface area contributed by atoms with Gasteiger partial charge in [-0.1, -0.05) is 36.8 Å². The minimum absolute atomic E-state index is 0.0988. The number of esters is 1. The molecule has 17 heavy (non-hydrogen) atoms. The molecule has 0 aliphatic carbocycles. The smallest absolute Gasteiger partial charge is 0.306 e. The number of benzene rings is 1. The van der Waals surface area contributed by atoms with Gasteiger partial charge < -0.3 is 10.1 Å². The van der Waals surface area contributed by atoms with Gasteiger partial charge in [-0.2, -0.15) is 0 Å². The molecule has 3 heteroatoms. The maximum Gasteiger partial charge on any atom is 0.306 e. The summed E-state index contributed by atoms with van der Waals surface area (Å²) in [6, 6.07) is 9.76. The number of nitrogens with one attached hydrogen (secondary N) is 1. The second-order valence-electron chi connectivity index (χ2n) is 4.06. The first-order chi connectivity index (χ1) is 8.33. The predicted octanol–water partition coefficient (Wildman–Crippen LogP) is 2.51. The Morgan fingerprint density at radius 1 is 1.18 bits per heavy atom. The molecular formula is C14H21NO2. The topological polar surface area (TPSA) is 38.3 Å². The van der Waals surface area contributed by atoms with E-state index in [1.54, 1.807) is 0 Å². The van der Waals surface area contributed by atoms with Crippen LogP contribution in [0, 0.1) is 0 Å². The van der Waals surface area contributed by atoms with Gasteiger partial charge in [-0.15, -0.1) is 0 Å². The van der Waals surface area contributed by atoms with Crippen molar-refractivity contribution in [3.05, 3.63) is 35.9 Å². The van der Waals surface area contributed by atoms with Crippen molar-refractivity contribution in [2.45, 2.75) is 32.3 Å². The van der Waals surface area contributed by atoms with Crippen LogP contribution in [0.15, 0.2) is 30.3 Å². The minimum atomic E-state index is -0.0988. The van der Waals surface area contributed by atoms with Crippen LogP contribution in [-0.4, -0.2) is 19.6 Å². The molecule has 1 N–H and O–H groups in total. The van der Waals surface area contributed by atoms with E-state index in [-0.39, 0.29) is 5.97 Å².